The fourth-order valence-corrected chi connectivity index (χ4v) is 2.11. The van der Waals surface area contributed by atoms with Crippen LogP contribution in [0.25, 0.3) is 11.3 Å². The zero-order valence-electron chi connectivity index (χ0n) is 11.2. The maximum atomic E-state index is 9.14. The van der Waals surface area contributed by atoms with Crippen LogP contribution in [0.2, 0.25) is 0 Å². The molecule has 98 valence electrons. The van der Waals surface area contributed by atoms with Crippen LogP contribution >= 0.6 is 0 Å². The number of unbranched alkanes of at least 4 members (excludes halogenated alkanes) is 3. The molecule has 0 amide bonds. The summed E-state index contributed by atoms with van der Waals surface area (Å²) in [7, 11) is 0. The number of benzene rings is 1. The Morgan fingerprint density at radius 1 is 1.16 bits per heavy atom. The van der Waals surface area contributed by atoms with Crippen molar-refractivity contribution in [1.82, 2.24) is 15.0 Å². The first-order valence-electron chi connectivity index (χ1n) is 6.75. The van der Waals surface area contributed by atoms with E-state index < -0.39 is 0 Å². The summed E-state index contributed by atoms with van der Waals surface area (Å²) in [5.74, 6) is 0. The van der Waals surface area contributed by atoms with E-state index in [9.17, 15) is 0 Å². The molecule has 0 aliphatic heterocycles. The highest BCUT2D eigenvalue weighted by molar-refractivity contribution is 5.64. The molecule has 0 saturated carbocycles. The number of nitrogens with zero attached hydrogens (tertiary/aromatic N) is 4. The summed E-state index contributed by atoms with van der Waals surface area (Å²) < 4.78 is 1.85. The minimum atomic E-state index is 0.404. The van der Waals surface area contributed by atoms with Crippen LogP contribution in [0.4, 0.5) is 0 Å². The van der Waals surface area contributed by atoms with Gasteiger partial charge in [-0.2, -0.15) is 5.26 Å². The molecule has 2 aromatic rings. The van der Waals surface area contributed by atoms with E-state index in [1.54, 1.807) is 0 Å². The number of hydrogen-bond acceptors (Lipinski definition) is 3. The Morgan fingerprint density at radius 2 is 1.95 bits per heavy atom. The van der Waals surface area contributed by atoms with Gasteiger partial charge in [0.2, 0.25) is 0 Å². The van der Waals surface area contributed by atoms with Crippen molar-refractivity contribution in [2.24, 2.45) is 0 Å². The molecule has 2 rings (SSSR count). The van der Waals surface area contributed by atoms with Crippen molar-refractivity contribution >= 4 is 0 Å². The number of nitriles is 1. The number of rotatable bonds is 6. The van der Waals surface area contributed by atoms with Gasteiger partial charge in [0.15, 0.2) is 5.69 Å². The van der Waals surface area contributed by atoms with E-state index in [1.165, 1.54) is 19.3 Å². The van der Waals surface area contributed by atoms with Crippen molar-refractivity contribution in [2.45, 2.75) is 39.2 Å². The van der Waals surface area contributed by atoms with Crippen LogP contribution in [-0.2, 0) is 6.54 Å². The van der Waals surface area contributed by atoms with E-state index in [4.69, 9.17) is 5.26 Å². The van der Waals surface area contributed by atoms with Crippen LogP contribution in [0.1, 0.15) is 38.3 Å². The standard InChI is InChI=1S/C15H18N4/c1-2-3-4-8-11-19-15(14(12-16)17-18-19)13-9-6-5-7-10-13/h5-7,9-10H,2-4,8,11H2,1H3. The van der Waals surface area contributed by atoms with E-state index in [0.29, 0.717) is 5.69 Å². The van der Waals surface area contributed by atoms with Crippen LogP contribution < -0.4 is 0 Å². The quantitative estimate of drug-likeness (QED) is 0.742. The number of aromatic nitrogens is 3. The minimum Gasteiger partial charge on any atom is -0.243 e. The summed E-state index contributed by atoms with van der Waals surface area (Å²) in [5, 5.41) is 17.2. The molecular formula is C15H18N4. The van der Waals surface area contributed by atoms with Crippen molar-refractivity contribution in [3.63, 3.8) is 0 Å². The summed E-state index contributed by atoms with van der Waals surface area (Å²) in [6.45, 7) is 3.01. The summed E-state index contributed by atoms with van der Waals surface area (Å²) >= 11 is 0. The summed E-state index contributed by atoms with van der Waals surface area (Å²) in [5.41, 5.74) is 2.24. The third kappa shape index (κ3) is 3.19. The molecule has 0 N–H and O–H groups in total. The first kappa shape index (κ1) is 13.3. The van der Waals surface area contributed by atoms with E-state index >= 15 is 0 Å². The lowest BCUT2D eigenvalue weighted by atomic mass is 10.1. The molecule has 0 aliphatic rings. The lowest BCUT2D eigenvalue weighted by molar-refractivity contribution is 0.531. The van der Waals surface area contributed by atoms with Gasteiger partial charge in [-0.15, -0.1) is 5.10 Å². The molecule has 0 saturated heterocycles. The molecule has 0 radical (unpaired) electrons. The maximum absolute atomic E-state index is 9.14. The lowest BCUT2D eigenvalue weighted by Crippen LogP contribution is -2.03. The summed E-state index contributed by atoms with van der Waals surface area (Å²) in [4.78, 5) is 0. The van der Waals surface area contributed by atoms with Gasteiger partial charge in [0.25, 0.3) is 0 Å². The topological polar surface area (TPSA) is 54.5 Å². The molecule has 0 fully saturated rings. The van der Waals surface area contributed by atoms with Crippen LogP contribution in [-0.4, -0.2) is 15.0 Å². The van der Waals surface area contributed by atoms with Gasteiger partial charge >= 0.3 is 0 Å². The summed E-state index contributed by atoms with van der Waals surface area (Å²) in [6, 6.07) is 12.0. The monoisotopic (exact) mass is 254 g/mol. The van der Waals surface area contributed by atoms with Gasteiger partial charge in [-0.05, 0) is 6.42 Å². The Bertz CT molecular complexity index is 551. The second-order valence-electron chi connectivity index (χ2n) is 4.55. The van der Waals surface area contributed by atoms with Gasteiger partial charge in [-0.3, -0.25) is 0 Å². The van der Waals surface area contributed by atoms with E-state index in [-0.39, 0.29) is 0 Å². The number of hydrogen-bond donors (Lipinski definition) is 0. The van der Waals surface area contributed by atoms with Crippen LogP contribution in [0, 0.1) is 11.3 Å². The SMILES string of the molecule is CCCCCCn1nnc(C#N)c1-c1ccccc1. The van der Waals surface area contributed by atoms with Crippen LogP contribution in [0.15, 0.2) is 30.3 Å². The molecule has 4 nitrogen and oxygen atoms in total. The Labute approximate surface area is 113 Å². The Hall–Kier alpha value is -2.15. The predicted octanol–water partition coefficient (Wildman–Crippen LogP) is 3.40. The molecular weight excluding hydrogens is 236 g/mol. The Kier molecular flexibility index (Phi) is 4.68. The lowest BCUT2D eigenvalue weighted by Gasteiger charge is -2.06. The normalized spacial score (nSPS) is 10.3. The van der Waals surface area contributed by atoms with Crippen molar-refractivity contribution in [2.75, 3.05) is 0 Å². The first-order valence-corrected chi connectivity index (χ1v) is 6.75. The highest BCUT2D eigenvalue weighted by Gasteiger charge is 2.13. The van der Waals surface area contributed by atoms with Crippen LogP contribution in [0.3, 0.4) is 0 Å². The second kappa shape index (κ2) is 6.69. The molecule has 19 heavy (non-hydrogen) atoms. The molecule has 1 aromatic heterocycles. The third-order valence-electron chi connectivity index (χ3n) is 3.11. The highest BCUT2D eigenvalue weighted by Crippen LogP contribution is 2.21. The average molecular weight is 254 g/mol. The highest BCUT2D eigenvalue weighted by atomic mass is 15.4. The minimum absolute atomic E-state index is 0.404. The zero-order chi connectivity index (χ0) is 13.5. The molecule has 0 unspecified atom stereocenters. The van der Waals surface area contributed by atoms with E-state index in [1.807, 2.05) is 35.0 Å². The Morgan fingerprint density at radius 3 is 2.63 bits per heavy atom. The van der Waals surface area contributed by atoms with E-state index in [0.717, 1.165) is 24.2 Å². The average Bonchev–Trinajstić information content (AvgIpc) is 2.87. The van der Waals surface area contributed by atoms with Crippen molar-refractivity contribution in [3.8, 4) is 17.3 Å². The molecule has 0 bridgehead atoms. The van der Waals surface area contributed by atoms with Gasteiger partial charge in [0.1, 0.15) is 11.8 Å². The molecule has 0 spiro atoms. The van der Waals surface area contributed by atoms with Gasteiger partial charge in [-0.1, -0.05) is 61.7 Å². The van der Waals surface area contributed by atoms with Crippen LogP contribution in [0.5, 0.6) is 0 Å². The largest absolute Gasteiger partial charge is 0.243 e. The fourth-order valence-electron chi connectivity index (χ4n) is 2.11. The second-order valence-corrected chi connectivity index (χ2v) is 4.55. The van der Waals surface area contributed by atoms with Crippen molar-refractivity contribution in [1.29, 1.82) is 5.26 Å². The molecule has 1 aromatic carbocycles. The Balaban J connectivity index is 2.21. The first-order chi connectivity index (χ1) is 9.36. The van der Waals surface area contributed by atoms with E-state index in [2.05, 4.69) is 23.3 Å². The van der Waals surface area contributed by atoms with Crippen molar-refractivity contribution < 1.29 is 0 Å². The third-order valence-corrected chi connectivity index (χ3v) is 3.11. The fraction of sp³-hybridized carbons (Fsp3) is 0.400. The van der Waals surface area contributed by atoms with Gasteiger partial charge in [0.05, 0.1) is 0 Å². The van der Waals surface area contributed by atoms with Gasteiger partial charge in [0, 0.05) is 12.1 Å². The molecule has 1 heterocycles. The maximum Gasteiger partial charge on any atom is 0.190 e. The molecule has 4 heteroatoms. The molecule has 0 aliphatic carbocycles. The summed E-state index contributed by atoms with van der Waals surface area (Å²) in [6.07, 6.45) is 4.71. The van der Waals surface area contributed by atoms with Gasteiger partial charge < -0.3 is 0 Å². The zero-order valence-corrected chi connectivity index (χ0v) is 11.2. The van der Waals surface area contributed by atoms with Gasteiger partial charge in [-0.25, -0.2) is 4.68 Å². The molecule has 0 atom stereocenters. The van der Waals surface area contributed by atoms with Crippen molar-refractivity contribution in [3.05, 3.63) is 36.0 Å². The predicted molar refractivity (Wildman–Crippen MR) is 74.3 cm³/mol. The number of aryl methyl sites for hydroxylation is 1. The smallest absolute Gasteiger partial charge is 0.190 e.